The predicted octanol–water partition coefficient (Wildman–Crippen LogP) is 1.88. The first-order valence-electron chi connectivity index (χ1n) is 6.85. The Morgan fingerprint density at radius 3 is 2.05 bits per heavy atom. The molecule has 2 radical (unpaired) electrons. The Morgan fingerprint density at radius 1 is 1.09 bits per heavy atom. The minimum atomic E-state index is 0.298. The molecule has 0 bridgehead atoms. The SMILES string of the molecule is [B]OC(=C(C#N)c1nn(C)c(C)c1C)c1c(C)nn(C)c1C. The van der Waals surface area contributed by atoms with Crippen LogP contribution in [0.25, 0.3) is 11.3 Å². The summed E-state index contributed by atoms with van der Waals surface area (Å²) in [7, 11) is 9.15. The van der Waals surface area contributed by atoms with E-state index >= 15 is 0 Å². The molecule has 0 saturated carbocycles. The van der Waals surface area contributed by atoms with Gasteiger partial charge >= 0.3 is 8.05 Å². The van der Waals surface area contributed by atoms with E-state index in [1.807, 2.05) is 41.8 Å². The van der Waals surface area contributed by atoms with Crippen LogP contribution in [0.4, 0.5) is 0 Å². The highest BCUT2D eigenvalue weighted by molar-refractivity contribution is 6.06. The number of rotatable bonds is 3. The van der Waals surface area contributed by atoms with E-state index in [9.17, 15) is 5.26 Å². The van der Waals surface area contributed by atoms with E-state index in [2.05, 4.69) is 16.3 Å². The van der Waals surface area contributed by atoms with Crippen molar-refractivity contribution >= 4 is 19.4 Å². The largest absolute Gasteiger partial charge is 0.566 e. The summed E-state index contributed by atoms with van der Waals surface area (Å²) < 4.78 is 8.54. The van der Waals surface area contributed by atoms with Crippen LogP contribution in [-0.2, 0) is 18.7 Å². The fourth-order valence-electron chi connectivity index (χ4n) is 2.51. The third-order valence-corrected chi connectivity index (χ3v) is 4.06. The summed E-state index contributed by atoms with van der Waals surface area (Å²) in [6.45, 7) is 7.63. The molecule has 112 valence electrons. The van der Waals surface area contributed by atoms with E-state index in [1.165, 1.54) is 0 Å². The van der Waals surface area contributed by atoms with Gasteiger partial charge in [0.1, 0.15) is 23.1 Å². The Bertz CT molecular complexity index is 807. The Hall–Kier alpha value is -2.49. The average Bonchev–Trinajstić information content (AvgIpc) is 2.88. The van der Waals surface area contributed by atoms with Gasteiger partial charge in [-0.3, -0.25) is 9.36 Å². The minimum Gasteiger partial charge on any atom is -0.566 e. The van der Waals surface area contributed by atoms with Crippen molar-refractivity contribution < 1.29 is 4.65 Å². The quantitative estimate of drug-likeness (QED) is 0.492. The number of nitriles is 1. The number of hydrogen-bond donors (Lipinski definition) is 0. The molecule has 7 heteroatoms. The lowest BCUT2D eigenvalue weighted by Crippen LogP contribution is -2.00. The molecule has 0 amide bonds. The molecule has 2 aromatic rings. The summed E-state index contributed by atoms with van der Waals surface area (Å²) in [6.07, 6.45) is 0. The fraction of sp³-hybridized carbons (Fsp3) is 0.400. The van der Waals surface area contributed by atoms with Crippen LogP contribution in [0, 0.1) is 39.0 Å². The van der Waals surface area contributed by atoms with Crippen LogP contribution in [0.3, 0.4) is 0 Å². The molecule has 0 atom stereocenters. The fourth-order valence-corrected chi connectivity index (χ4v) is 2.51. The molecule has 2 rings (SSSR count). The van der Waals surface area contributed by atoms with Crippen molar-refractivity contribution in [3.05, 3.63) is 33.9 Å². The zero-order chi connectivity index (χ0) is 16.6. The van der Waals surface area contributed by atoms with Gasteiger partial charge in [-0.15, -0.1) is 0 Å². The highest BCUT2D eigenvalue weighted by Gasteiger charge is 2.23. The van der Waals surface area contributed by atoms with Gasteiger partial charge in [-0.05, 0) is 33.3 Å². The van der Waals surface area contributed by atoms with Crippen LogP contribution in [0.2, 0.25) is 0 Å². The van der Waals surface area contributed by atoms with Crippen LogP contribution in [-0.4, -0.2) is 27.6 Å². The Labute approximate surface area is 131 Å². The second-order valence-electron chi connectivity index (χ2n) is 5.29. The van der Waals surface area contributed by atoms with Gasteiger partial charge < -0.3 is 4.65 Å². The molecule has 0 fully saturated rings. The molecule has 0 aliphatic carbocycles. The van der Waals surface area contributed by atoms with Gasteiger partial charge in [0.05, 0.1) is 11.3 Å². The van der Waals surface area contributed by atoms with Gasteiger partial charge in [0.25, 0.3) is 0 Å². The third kappa shape index (κ3) is 2.31. The van der Waals surface area contributed by atoms with Gasteiger partial charge in [0.2, 0.25) is 0 Å². The Balaban J connectivity index is 2.80. The van der Waals surface area contributed by atoms with Crippen LogP contribution in [0.15, 0.2) is 0 Å². The maximum Gasteiger partial charge on any atom is 0.374 e. The standard InChI is InChI=1S/C15H18BN5O/c1-8-10(3)20(5)19-14(8)12(7-17)15(22-16)13-9(2)18-21(6)11(13)4/h1-6H3. The first kappa shape index (κ1) is 15.9. The minimum absolute atomic E-state index is 0.298. The summed E-state index contributed by atoms with van der Waals surface area (Å²) in [6, 6.07) is 2.17. The zero-order valence-corrected chi connectivity index (χ0v) is 13.7. The molecular weight excluding hydrogens is 277 g/mol. The molecule has 2 heterocycles. The molecule has 2 aromatic heterocycles. The van der Waals surface area contributed by atoms with Crippen molar-refractivity contribution in [3.63, 3.8) is 0 Å². The zero-order valence-electron chi connectivity index (χ0n) is 13.7. The van der Waals surface area contributed by atoms with E-state index < -0.39 is 0 Å². The average molecular weight is 295 g/mol. The highest BCUT2D eigenvalue weighted by Crippen LogP contribution is 2.31. The van der Waals surface area contributed by atoms with Gasteiger partial charge in [-0.25, -0.2) is 0 Å². The number of allylic oxidation sites excluding steroid dienone is 1. The maximum absolute atomic E-state index is 9.64. The number of aryl methyl sites for hydroxylation is 3. The summed E-state index contributed by atoms with van der Waals surface area (Å²) in [4.78, 5) is 0. The van der Waals surface area contributed by atoms with Crippen molar-refractivity contribution in [2.45, 2.75) is 27.7 Å². The predicted molar refractivity (Wildman–Crippen MR) is 84.6 cm³/mol. The summed E-state index contributed by atoms with van der Waals surface area (Å²) in [5, 5.41) is 18.4. The molecule has 22 heavy (non-hydrogen) atoms. The van der Waals surface area contributed by atoms with Crippen LogP contribution in [0.1, 0.15) is 33.9 Å². The second-order valence-corrected chi connectivity index (χ2v) is 5.29. The summed E-state index contributed by atoms with van der Waals surface area (Å²) >= 11 is 0. The molecule has 0 unspecified atom stereocenters. The topological polar surface area (TPSA) is 68.7 Å². The van der Waals surface area contributed by atoms with Crippen LogP contribution in [0.5, 0.6) is 0 Å². The Morgan fingerprint density at radius 2 is 1.68 bits per heavy atom. The van der Waals surface area contributed by atoms with Gasteiger partial charge in [0.15, 0.2) is 0 Å². The summed E-state index contributed by atoms with van der Waals surface area (Å²) in [5.41, 5.74) is 5.14. The second kappa shape index (κ2) is 5.72. The molecule has 0 spiro atoms. The molecule has 6 nitrogen and oxygen atoms in total. The third-order valence-electron chi connectivity index (χ3n) is 4.06. The van der Waals surface area contributed by atoms with Crippen LogP contribution >= 0.6 is 0 Å². The number of nitrogens with zero attached hydrogens (tertiary/aromatic N) is 5. The lowest BCUT2D eigenvalue weighted by atomic mass is 10.0. The van der Waals surface area contributed by atoms with Crippen molar-refractivity contribution in [2.75, 3.05) is 0 Å². The van der Waals surface area contributed by atoms with Crippen molar-refractivity contribution in [2.24, 2.45) is 14.1 Å². The van der Waals surface area contributed by atoms with E-state index in [0.717, 1.165) is 28.2 Å². The van der Waals surface area contributed by atoms with Crippen molar-refractivity contribution in [3.8, 4) is 6.07 Å². The smallest absolute Gasteiger partial charge is 0.374 e. The number of hydrogen-bond acceptors (Lipinski definition) is 4. The van der Waals surface area contributed by atoms with Crippen molar-refractivity contribution in [1.29, 1.82) is 5.26 Å². The molecule has 0 saturated heterocycles. The molecule has 0 aliphatic heterocycles. The van der Waals surface area contributed by atoms with Crippen molar-refractivity contribution in [1.82, 2.24) is 19.6 Å². The molecule has 0 aromatic carbocycles. The van der Waals surface area contributed by atoms with E-state index in [0.29, 0.717) is 17.0 Å². The van der Waals surface area contributed by atoms with Gasteiger partial charge in [-0.2, -0.15) is 15.5 Å². The van der Waals surface area contributed by atoms with E-state index in [1.54, 1.807) is 9.36 Å². The maximum atomic E-state index is 9.64. The number of aromatic nitrogens is 4. The van der Waals surface area contributed by atoms with Gasteiger partial charge in [-0.1, -0.05) is 0 Å². The first-order chi connectivity index (χ1) is 10.3. The monoisotopic (exact) mass is 295 g/mol. The molecular formula is C15H18BN5O. The van der Waals surface area contributed by atoms with E-state index in [4.69, 9.17) is 12.7 Å². The summed E-state index contributed by atoms with van der Waals surface area (Å²) in [5.74, 6) is 0.298. The molecule has 0 N–H and O–H groups in total. The lowest BCUT2D eigenvalue weighted by Gasteiger charge is -2.10. The van der Waals surface area contributed by atoms with E-state index in [-0.39, 0.29) is 0 Å². The van der Waals surface area contributed by atoms with Crippen LogP contribution < -0.4 is 0 Å². The highest BCUT2D eigenvalue weighted by atomic mass is 16.4. The molecule has 0 aliphatic rings. The normalized spacial score (nSPS) is 12.0. The lowest BCUT2D eigenvalue weighted by molar-refractivity contribution is 0.572. The van der Waals surface area contributed by atoms with Gasteiger partial charge in [0, 0.05) is 25.5 Å². The first-order valence-corrected chi connectivity index (χ1v) is 6.85. The Kier molecular flexibility index (Phi) is 4.13.